The molecular weight excluding hydrogens is 252 g/mol. The van der Waals surface area contributed by atoms with Gasteiger partial charge in [-0.25, -0.2) is 4.79 Å². The SMILES string of the molecule is CCCC1CCN(C(=O)Nc2ccc(C(C)O)cc2)C1. The first-order valence-corrected chi connectivity index (χ1v) is 7.44. The number of hydrogen-bond acceptors (Lipinski definition) is 2. The number of rotatable bonds is 4. The molecule has 1 aliphatic heterocycles. The third-order valence-corrected chi connectivity index (χ3v) is 3.91. The second kappa shape index (κ2) is 6.75. The third-order valence-electron chi connectivity index (χ3n) is 3.91. The number of carbonyl (C=O) groups excluding carboxylic acids is 1. The molecule has 1 aliphatic rings. The highest BCUT2D eigenvalue weighted by Crippen LogP contribution is 2.22. The average Bonchev–Trinajstić information content (AvgIpc) is 2.88. The van der Waals surface area contributed by atoms with Gasteiger partial charge in [0.05, 0.1) is 6.10 Å². The number of nitrogens with zero attached hydrogens (tertiary/aromatic N) is 1. The van der Waals surface area contributed by atoms with E-state index in [0.29, 0.717) is 5.92 Å². The highest BCUT2D eigenvalue weighted by atomic mass is 16.3. The molecule has 2 rings (SSSR count). The van der Waals surface area contributed by atoms with Crippen LogP contribution < -0.4 is 5.32 Å². The zero-order chi connectivity index (χ0) is 14.5. The van der Waals surface area contributed by atoms with Gasteiger partial charge in [0.15, 0.2) is 0 Å². The topological polar surface area (TPSA) is 52.6 Å². The van der Waals surface area contributed by atoms with E-state index >= 15 is 0 Å². The summed E-state index contributed by atoms with van der Waals surface area (Å²) in [5.41, 5.74) is 1.63. The summed E-state index contributed by atoms with van der Waals surface area (Å²) in [4.78, 5) is 14.0. The summed E-state index contributed by atoms with van der Waals surface area (Å²) in [6.07, 6.45) is 3.02. The van der Waals surface area contributed by atoms with Crippen molar-refractivity contribution in [3.63, 3.8) is 0 Å². The van der Waals surface area contributed by atoms with Crippen LogP contribution in [-0.2, 0) is 0 Å². The normalized spacial score (nSPS) is 19.9. The second-order valence-corrected chi connectivity index (χ2v) is 5.62. The van der Waals surface area contributed by atoms with Gasteiger partial charge in [-0.2, -0.15) is 0 Å². The number of urea groups is 1. The van der Waals surface area contributed by atoms with Crippen molar-refractivity contribution in [2.45, 2.75) is 39.2 Å². The number of amides is 2. The van der Waals surface area contributed by atoms with Crippen LogP contribution >= 0.6 is 0 Å². The number of anilines is 1. The van der Waals surface area contributed by atoms with Crippen LogP contribution in [0.5, 0.6) is 0 Å². The Morgan fingerprint density at radius 2 is 2.15 bits per heavy atom. The Labute approximate surface area is 120 Å². The predicted octanol–water partition coefficient (Wildman–Crippen LogP) is 3.39. The van der Waals surface area contributed by atoms with E-state index in [1.165, 1.54) is 12.8 Å². The number of aliphatic hydroxyl groups excluding tert-OH is 1. The standard InChI is InChI=1S/C16H24N2O2/c1-3-4-13-9-10-18(11-13)16(20)17-15-7-5-14(6-8-15)12(2)19/h5-8,12-13,19H,3-4,9-11H2,1-2H3,(H,17,20). The molecular formula is C16H24N2O2. The maximum atomic E-state index is 12.1. The van der Waals surface area contributed by atoms with E-state index in [4.69, 9.17) is 0 Å². The van der Waals surface area contributed by atoms with Crippen molar-refractivity contribution >= 4 is 11.7 Å². The molecule has 1 aromatic rings. The zero-order valence-corrected chi connectivity index (χ0v) is 12.3. The molecule has 0 saturated carbocycles. The molecule has 4 heteroatoms. The van der Waals surface area contributed by atoms with Crippen molar-refractivity contribution in [3.8, 4) is 0 Å². The first-order chi connectivity index (χ1) is 9.60. The van der Waals surface area contributed by atoms with Crippen LogP contribution in [0.25, 0.3) is 0 Å². The van der Waals surface area contributed by atoms with Crippen LogP contribution in [0.3, 0.4) is 0 Å². The highest BCUT2D eigenvalue weighted by molar-refractivity contribution is 5.89. The second-order valence-electron chi connectivity index (χ2n) is 5.62. The fourth-order valence-electron chi connectivity index (χ4n) is 2.71. The summed E-state index contributed by atoms with van der Waals surface area (Å²) in [6.45, 7) is 5.63. The van der Waals surface area contributed by atoms with Crippen molar-refractivity contribution in [3.05, 3.63) is 29.8 Å². The number of aliphatic hydroxyl groups is 1. The van der Waals surface area contributed by atoms with Gasteiger partial charge in [0.1, 0.15) is 0 Å². The zero-order valence-electron chi connectivity index (χ0n) is 12.3. The first kappa shape index (κ1) is 14.9. The van der Waals surface area contributed by atoms with E-state index in [-0.39, 0.29) is 6.03 Å². The van der Waals surface area contributed by atoms with Gasteiger partial charge in [0, 0.05) is 18.8 Å². The molecule has 110 valence electrons. The largest absolute Gasteiger partial charge is 0.389 e. The van der Waals surface area contributed by atoms with Gasteiger partial charge in [-0.3, -0.25) is 0 Å². The molecule has 0 radical (unpaired) electrons. The Kier molecular flexibility index (Phi) is 5.01. The molecule has 20 heavy (non-hydrogen) atoms. The van der Waals surface area contributed by atoms with Crippen LogP contribution in [0.1, 0.15) is 44.8 Å². The van der Waals surface area contributed by atoms with E-state index in [9.17, 15) is 9.90 Å². The predicted molar refractivity (Wildman–Crippen MR) is 80.7 cm³/mol. The van der Waals surface area contributed by atoms with Crippen LogP contribution in [-0.4, -0.2) is 29.1 Å². The van der Waals surface area contributed by atoms with Crippen LogP contribution in [0.4, 0.5) is 10.5 Å². The lowest BCUT2D eigenvalue weighted by atomic mass is 10.0. The molecule has 0 spiro atoms. The van der Waals surface area contributed by atoms with Crippen molar-refractivity contribution in [1.29, 1.82) is 0 Å². The fraction of sp³-hybridized carbons (Fsp3) is 0.562. The van der Waals surface area contributed by atoms with E-state index < -0.39 is 6.10 Å². The summed E-state index contributed by atoms with van der Waals surface area (Å²) in [5.74, 6) is 0.656. The van der Waals surface area contributed by atoms with E-state index in [2.05, 4.69) is 12.2 Å². The minimum absolute atomic E-state index is 0.0200. The Bertz CT molecular complexity index is 442. The maximum Gasteiger partial charge on any atom is 0.321 e. The highest BCUT2D eigenvalue weighted by Gasteiger charge is 2.25. The molecule has 2 atom stereocenters. The first-order valence-electron chi connectivity index (χ1n) is 7.44. The number of carbonyl (C=O) groups is 1. The number of hydrogen-bond donors (Lipinski definition) is 2. The molecule has 1 saturated heterocycles. The van der Waals surface area contributed by atoms with Crippen molar-refractivity contribution in [1.82, 2.24) is 4.90 Å². The van der Waals surface area contributed by atoms with Gasteiger partial charge in [0.2, 0.25) is 0 Å². The minimum Gasteiger partial charge on any atom is -0.389 e. The van der Waals surface area contributed by atoms with Gasteiger partial charge in [-0.15, -0.1) is 0 Å². The fourth-order valence-corrected chi connectivity index (χ4v) is 2.71. The monoisotopic (exact) mass is 276 g/mol. The molecule has 4 nitrogen and oxygen atoms in total. The summed E-state index contributed by atoms with van der Waals surface area (Å²) in [5, 5.41) is 12.4. The molecule has 1 aromatic carbocycles. The lowest BCUT2D eigenvalue weighted by Crippen LogP contribution is -2.32. The number of nitrogens with one attached hydrogen (secondary N) is 1. The van der Waals surface area contributed by atoms with Gasteiger partial charge in [-0.1, -0.05) is 25.5 Å². The lowest BCUT2D eigenvalue weighted by Gasteiger charge is -2.17. The van der Waals surface area contributed by atoms with Crippen molar-refractivity contribution < 1.29 is 9.90 Å². The van der Waals surface area contributed by atoms with Gasteiger partial charge in [-0.05, 0) is 43.4 Å². The molecule has 0 aromatic heterocycles. The molecule has 0 aliphatic carbocycles. The van der Waals surface area contributed by atoms with Crippen molar-refractivity contribution in [2.24, 2.45) is 5.92 Å². The van der Waals surface area contributed by atoms with Crippen molar-refractivity contribution in [2.75, 3.05) is 18.4 Å². The third kappa shape index (κ3) is 3.73. The quantitative estimate of drug-likeness (QED) is 0.885. The van der Waals surface area contributed by atoms with Gasteiger partial charge < -0.3 is 15.3 Å². The Morgan fingerprint density at radius 3 is 2.75 bits per heavy atom. The van der Waals surface area contributed by atoms with Crippen LogP contribution in [0, 0.1) is 5.92 Å². The van der Waals surface area contributed by atoms with Gasteiger partial charge in [0.25, 0.3) is 0 Å². The average molecular weight is 276 g/mol. The Balaban J connectivity index is 1.88. The van der Waals surface area contributed by atoms with E-state index in [1.54, 1.807) is 6.92 Å². The smallest absolute Gasteiger partial charge is 0.321 e. The Morgan fingerprint density at radius 1 is 1.45 bits per heavy atom. The van der Waals surface area contributed by atoms with E-state index in [0.717, 1.165) is 30.8 Å². The van der Waals surface area contributed by atoms with E-state index in [1.807, 2.05) is 29.2 Å². The molecule has 2 N–H and O–H groups in total. The summed E-state index contributed by atoms with van der Waals surface area (Å²) < 4.78 is 0. The molecule has 2 unspecified atom stereocenters. The van der Waals surface area contributed by atoms with Gasteiger partial charge >= 0.3 is 6.03 Å². The number of benzene rings is 1. The molecule has 1 fully saturated rings. The Hall–Kier alpha value is -1.55. The maximum absolute atomic E-state index is 12.1. The molecule has 1 heterocycles. The summed E-state index contributed by atoms with van der Waals surface area (Å²) >= 11 is 0. The van der Waals surface area contributed by atoms with Crippen LogP contribution in [0.2, 0.25) is 0 Å². The number of likely N-dealkylation sites (tertiary alicyclic amines) is 1. The summed E-state index contributed by atoms with van der Waals surface area (Å²) in [6, 6.07) is 7.32. The lowest BCUT2D eigenvalue weighted by molar-refractivity contribution is 0.199. The van der Waals surface area contributed by atoms with Crippen LogP contribution in [0.15, 0.2) is 24.3 Å². The molecule has 0 bridgehead atoms. The summed E-state index contributed by atoms with van der Waals surface area (Å²) in [7, 11) is 0. The molecule has 2 amide bonds. The minimum atomic E-state index is -0.479.